The van der Waals surface area contributed by atoms with Gasteiger partial charge in [-0.3, -0.25) is 9.59 Å². The molecule has 1 saturated carbocycles. The van der Waals surface area contributed by atoms with Crippen LogP contribution in [0.25, 0.3) is 10.9 Å². The molecular formula is C42H50N4O8S2. The Morgan fingerprint density at radius 1 is 0.946 bits per heavy atom. The van der Waals surface area contributed by atoms with Crippen molar-refractivity contribution in [2.75, 3.05) is 40.3 Å². The fourth-order valence-corrected chi connectivity index (χ4v) is 8.84. The van der Waals surface area contributed by atoms with Crippen LogP contribution in [0.2, 0.25) is 0 Å². The number of carbonyl (C=O) groups is 2. The molecular weight excluding hydrogens is 753 g/mol. The maximum absolute atomic E-state index is 13.4. The van der Waals surface area contributed by atoms with Gasteiger partial charge in [0.05, 0.1) is 21.4 Å². The number of benzene rings is 2. The highest BCUT2D eigenvalue weighted by molar-refractivity contribution is 7.12. The summed E-state index contributed by atoms with van der Waals surface area (Å²) in [7, 11) is 3.83. The van der Waals surface area contributed by atoms with Crippen molar-refractivity contribution in [3.8, 4) is 11.5 Å². The van der Waals surface area contributed by atoms with E-state index in [1.165, 1.54) is 34.8 Å². The predicted molar refractivity (Wildman–Crippen MR) is 218 cm³/mol. The third-order valence-corrected chi connectivity index (χ3v) is 12.5. The number of carbonyl (C=O) groups excluding carboxylic acids is 2. The van der Waals surface area contributed by atoms with Gasteiger partial charge >= 0.3 is 5.97 Å². The zero-order valence-electron chi connectivity index (χ0n) is 31.9. The number of H-pyrrole nitrogens is 1. The van der Waals surface area contributed by atoms with Gasteiger partial charge in [-0.2, -0.15) is 0 Å². The molecule has 12 nitrogen and oxygen atoms in total. The maximum Gasteiger partial charge on any atom is 0.349 e. The van der Waals surface area contributed by atoms with Crippen LogP contribution in [0.4, 0.5) is 0 Å². The Hall–Kier alpha value is -4.57. The van der Waals surface area contributed by atoms with Crippen LogP contribution in [0.3, 0.4) is 0 Å². The Morgan fingerprint density at radius 3 is 2.27 bits per heavy atom. The molecule has 5 N–H and O–H groups in total. The van der Waals surface area contributed by atoms with Gasteiger partial charge in [-0.25, -0.2) is 4.79 Å². The smallest absolute Gasteiger partial charge is 0.349 e. The Kier molecular flexibility index (Phi) is 13.6. The van der Waals surface area contributed by atoms with E-state index in [4.69, 9.17) is 9.47 Å². The lowest BCUT2D eigenvalue weighted by Gasteiger charge is -2.36. The highest BCUT2D eigenvalue weighted by atomic mass is 32.1. The van der Waals surface area contributed by atoms with Gasteiger partial charge in [-0.1, -0.05) is 30.3 Å². The summed E-state index contributed by atoms with van der Waals surface area (Å²) in [6.07, 6.45) is 2.69. The molecule has 2 atom stereocenters. The number of aliphatic hydroxyl groups is 2. The number of nitrogens with zero attached hydrogens (tertiary/aromatic N) is 2. The van der Waals surface area contributed by atoms with Crippen LogP contribution in [0.5, 0.6) is 11.5 Å². The number of thiophene rings is 2. The summed E-state index contributed by atoms with van der Waals surface area (Å²) in [5.41, 5.74) is -0.153. The fourth-order valence-electron chi connectivity index (χ4n) is 7.12. The molecule has 298 valence electrons. The average molecular weight is 803 g/mol. The highest BCUT2D eigenvalue weighted by Gasteiger charge is 2.45. The molecule has 1 amide bonds. The standard InChI is InChI=1S/C42H50N4O8S2/c1-27(43-25-35(48)32-16-18-34(47)40-33(32)17-19-38(49)44-40)24-28-8-12-30(13-9-28)53-26-39(50)46(3)21-20-45(2)29-10-14-31(15-11-29)54-41(51)42(52,36-6-4-22-55-36)37-7-5-23-56-37/h4-9,12-13,16-19,22-23,27,29,31,35,43,47-48,52H,10-11,14-15,20-21,24-26H2,1-3H3,(H,44,49)/t27?,29?,31?,35-/m0/s1. The van der Waals surface area contributed by atoms with Gasteiger partial charge in [-0.15, -0.1) is 22.7 Å². The van der Waals surface area contributed by atoms with Crippen LogP contribution in [0, 0.1) is 0 Å². The normalized spacial score (nSPS) is 17.1. The van der Waals surface area contributed by atoms with Gasteiger partial charge in [0.15, 0.2) is 6.61 Å². The largest absolute Gasteiger partial charge is 0.506 e. The molecule has 1 fully saturated rings. The maximum atomic E-state index is 13.4. The number of aliphatic hydroxyl groups excluding tert-OH is 1. The Balaban J connectivity index is 0.883. The SMILES string of the molecule is CC(Cc1ccc(OCC(=O)N(C)CCN(C)C2CCC(OC(=O)C(O)(c3cccs3)c3cccs3)CC2)cc1)NC[C@H](O)c1ccc(O)c2[nH]c(=O)ccc12. The first kappa shape index (κ1) is 41.1. The molecule has 0 aliphatic heterocycles. The van der Waals surface area contributed by atoms with E-state index < -0.39 is 17.7 Å². The number of fused-ring (bicyclic) bond motifs is 1. The third-order valence-electron chi connectivity index (χ3n) is 10.6. The Labute approximate surface area is 334 Å². The topological polar surface area (TPSA) is 165 Å². The van der Waals surface area contributed by atoms with Gasteiger partial charge in [0.2, 0.25) is 11.2 Å². The summed E-state index contributed by atoms with van der Waals surface area (Å²) in [5, 5.41) is 40.2. The number of likely N-dealkylation sites (N-methyl/N-ethyl adjacent to an activating group) is 2. The lowest BCUT2D eigenvalue weighted by atomic mass is 9.91. The molecule has 2 aromatic carbocycles. The zero-order chi connectivity index (χ0) is 39.8. The molecule has 0 radical (unpaired) electrons. The first-order valence-electron chi connectivity index (χ1n) is 18.9. The summed E-state index contributed by atoms with van der Waals surface area (Å²) >= 11 is 2.67. The second-order valence-electron chi connectivity index (χ2n) is 14.5. The summed E-state index contributed by atoms with van der Waals surface area (Å²) < 4.78 is 11.7. The number of aromatic hydroxyl groups is 1. The molecule has 3 heterocycles. The minimum absolute atomic E-state index is 0.0418. The molecule has 1 aliphatic carbocycles. The molecule has 14 heteroatoms. The van der Waals surface area contributed by atoms with Gasteiger partial charge in [-0.05, 0) is 104 Å². The number of ether oxygens (including phenoxy) is 2. The summed E-state index contributed by atoms with van der Waals surface area (Å²) in [6.45, 7) is 3.47. The number of esters is 1. The van der Waals surface area contributed by atoms with Crippen LogP contribution in [-0.4, -0.2) is 101 Å². The van der Waals surface area contributed by atoms with Crippen LogP contribution >= 0.6 is 22.7 Å². The number of phenolic OH excluding ortho intramolecular Hbond substituents is 1. The molecule has 5 aromatic rings. The van der Waals surface area contributed by atoms with Crippen molar-refractivity contribution in [3.05, 3.63) is 115 Å². The van der Waals surface area contributed by atoms with E-state index in [1.807, 2.05) is 54.1 Å². The summed E-state index contributed by atoms with van der Waals surface area (Å²) in [4.78, 5) is 45.6. The number of aromatic nitrogens is 1. The second kappa shape index (κ2) is 18.6. The fraction of sp³-hybridized carbons (Fsp3) is 0.405. The molecule has 0 bridgehead atoms. The highest BCUT2D eigenvalue weighted by Crippen LogP contribution is 2.38. The Morgan fingerprint density at radius 2 is 1.62 bits per heavy atom. The van der Waals surface area contributed by atoms with Crippen LogP contribution in [-0.2, 0) is 26.3 Å². The minimum Gasteiger partial charge on any atom is -0.506 e. The number of nitrogens with one attached hydrogen (secondary N) is 2. The quantitative estimate of drug-likeness (QED) is 0.0793. The number of phenols is 1. The van der Waals surface area contributed by atoms with E-state index in [9.17, 15) is 29.7 Å². The number of rotatable bonds is 17. The van der Waals surface area contributed by atoms with Crippen molar-refractivity contribution < 1.29 is 34.4 Å². The van der Waals surface area contributed by atoms with Gasteiger partial charge in [0, 0.05) is 50.2 Å². The molecule has 0 saturated heterocycles. The van der Waals surface area contributed by atoms with Crippen LogP contribution in [0.1, 0.15) is 59.6 Å². The molecule has 1 unspecified atom stereocenters. The van der Waals surface area contributed by atoms with Crippen molar-refractivity contribution >= 4 is 45.5 Å². The average Bonchev–Trinajstić information content (AvgIpc) is 3.96. The van der Waals surface area contributed by atoms with E-state index in [0.717, 1.165) is 18.4 Å². The van der Waals surface area contributed by atoms with E-state index >= 15 is 0 Å². The van der Waals surface area contributed by atoms with Crippen molar-refractivity contribution in [3.63, 3.8) is 0 Å². The Bertz CT molecular complexity index is 2060. The van der Waals surface area contributed by atoms with Crippen molar-refractivity contribution in [1.29, 1.82) is 0 Å². The van der Waals surface area contributed by atoms with Crippen LogP contribution < -0.4 is 15.6 Å². The predicted octanol–water partition coefficient (Wildman–Crippen LogP) is 5.17. The van der Waals surface area contributed by atoms with Crippen LogP contribution in [0.15, 0.2) is 88.4 Å². The monoisotopic (exact) mass is 802 g/mol. The van der Waals surface area contributed by atoms with Gasteiger partial charge < -0.3 is 44.9 Å². The van der Waals surface area contributed by atoms with Crippen molar-refractivity contribution in [2.45, 2.75) is 68.9 Å². The molecule has 3 aromatic heterocycles. The van der Waals surface area contributed by atoms with Crippen molar-refractivity contribution in [1.82, 2.24) is 20.1 Å². The molecule has 0 spiro atoms. The number of amides is 1. The molecule has 56 heavy (non-hydrogen) atoms. The van der Waals surface area contributed by atoms with Gasteiger partial charge in [0.25, 0.3) is 5.91 Å². The summed E-state index contributed by atoms with van der Waals surface area (Å²) in [6, 6.07) is 21.2. The number of hydrogen-bond donors (Lipinski definition) is 5. The number of pyridine rings is 1. The van der Waals surface area contributed by atoms with Gasteiger partial charge in [0.1, 0.15) is 17.6 Å². The van der Waals surface area contributed by atoms with E-state index in [2.05, 4.69) is 22.2 Å². The zero-order valence-corrected chi connectivity index (χ0v) is 33.5. The first-order valence-corrected chi connectivity index (χ1v) is 20.6. The molecule has 1 aliphatic rings. The third kappa shape index (κ3) is 9.86. The lowest BCUT2D eigenvalue weighted by Crippen LogP contribution is -2.44. The first-order chi connectivity index (χ1) is 26.9. The van der Waals surface area contributed by atoms with E-state index in [0.29, 0.717) is 70.4 Å². The number of hydrogen-bond acceptors (Lipinski definition) is 12. The van der Waals surface area contributed by atoms with E-state index in [1.54, 1.807) is 36.2 Å². The lowest BCUT2D eigenvalue weighted by molar-refractivity contribution is -0.169. The summed E-state index contributed by atoms with van der Waals surface area (Å²) in [5.74, 6) is -0.196. The van der Waals surface area contributed by atoms with Crippen molar-refractivity contribution in [2.24, 2.45) is 0 Å². The second-order valence-corrected chi connectivity index (χ2v) is 16.4. The molecule has 6 rings (SSSR count). The minimum atomic E-state index is -1.80. The number of aromatic amines is 1. The van der Waals surface area contributed by atoms with E-state index in [-0.39, 0.29) is 42.5 Å².